The van der Waals surface area contributed by atoms with Crippen molar-refractivity contribution in [3.05, 3.63) is 0 Å². The van der Waals surface area contributed by atoms with Crippen molar-refractivity contribution in [1.82, 2.24) is 0 Å². The van der Waals surface area contributed by atoms with E-state index in [0.29, 0.717) is 0 Å². The monoisotopic (exact) mass is 198 g/mol. The van der Waals surface area contributed by atoms with E-state index < -0.39 is 13.9 Å². The summed E-state index contributed by atoms with van der Waals surface area (Å²) in [7, 11) is -3.13. The second-order valence-corrected chi connectivity index (χ2v) is 4.66. The van der Waals surface area contributed by atoms with E-state index in [4.69, 9.17) is 14.4 Å². The third-order valence-electron chi connectivity index (χ3n) is 1.84. The maximum absolute atomic E-state index is 9.35. The third kappa shape index (κ3) is 10.1. The van der Waals surface area contributed by atoms with Gasteiger partial charge >= 0.3 is 8.25 Å². The molecule has 3 N–H and O–H groups in total. The first-order valence-corrected chi connectivity index (χ1v) is 4.93. The van der Waals surface area contributed by atoms with Gasteiger partial charge in [-0.2, -0.15) is 0 Å². The van der Waals surface area contributed by atoms with E-state index in [-0.39, 0.29) is 5.41 Å². The summed E-state index contributed by atoms with van der Waals surface area (Å²) >= 11 is 0. The first kappa shape index (κ1) is 14.6. The molecule has 0 rings (SSSR count). The first-order chi connectivity index (χ1) is 4.98. The molecule has 0 saturated carbocycles. The van der Waals surface area contributed by atoms with Gasteiger partial charge in [0.2, 0.25) is 0 Å². The van der Waals surface area contributed by atoms with Crippen molar-refractivity contribution in [2.24, 2.45) is 5.41 Å². The minimum atomic E-state index is -3.13. The lowest BCUT2D eigenvalue weighted by Gasteiger charge is -2.33. The van der Waals surface area contributed by atoms with E-state index in [9.17, 15) is 5.11 Å². The minimum absolute atomic E-state index is 0.00694. The Hall–Kier alpha value is 0.110. The molecule has 0 amide bonds. The minimum Gasteiger partial charge on any atom is -0.390 e. The molecule has 4 nitrogen and oxygen atoms in total. The van der Waals surface area contributed by atoms with E-state index in [2.05, 4.69) is 0 Å². The molecule has 0 aliphatic carbocycles. The molecule has 0 heterocycles. The van der Waals surface area contributed by atoms with Crippen molar-refractivity contribution in [2.75, 3.05) is 0 Å². The van der Waals surface area contributed by atoms with Crippen LogP contribution in [-0.2, 0) is 4.57 Å². The molecule has 0 unspecified atom stereocenters. The standard InChI is InChI=1S/C7H16O.H3O3P/c1-6(2,3)7(4,5)8;1-4(2)3/h8H,1-5H3;4H,(H2,1,2,3). The molecule has 0 bridgehead atoms. The molecule has 0 radical (unpaired) electrons. The quantitative estimate of drug-likeness (QED) is 0.510. The Morgan fingerprint density at radius 3 is 1.08 bits per heavy atom. The maximum atomic E-state index is 9.35. The Morgan fingerprint density at radius 2 is 1.08 bits per heavy atom. The third-order valence-corrected chi connectivity index (χ3v) is 1.84. The zero-order valence-corrected chi connectivity index (χ0v) is 9.25. The second-order valence-electron chi connectivity index (χ2n) is 4.09. The van der Waals surface area contributed by atoms with Crippen LogP contribution in [-0.4, -0.2) is 20.5 Å². The molecule has 12 heavy (non-hydrogen) atoms. The summed E-state index contributed by atoms with van der Waals surface area (Å²) in [4.78, 5) is 14.3. The van der Waals surface area contributed by atoms with Gasteiger partial charge in [0.05, 0.1) is 5.60 Å². The number of aliphatic hydroxyl groups is 1. The van der Waals surface area contributed by atoms with Gasteiger partial charge in [-0.1, -0.05) is 20.8 Å². The normalized spacial score (nSPS) is 12.4. The zero-order valence-electron chi connectivity index (χ0n) is 8.25. The predicted octanol–water partition coefficient (Wildman–Crippen LogP) is 1.16. The Morgan fingerprint density at radius 1 is 1.00 bits per heavy atom. The van der Waals surface area contributed by atoms with Crippen LogP contribution in [0.3, 0.4) is 0 Å². The average molecular weight is 198 g/mol. The van der Waals surface area contributed by atoms with Gasteiger partial charge in [0.15, 0.2) is 0 Å². The Balaban J connectivity index is 0. The van der Waals surface area contributed by atoms with Crippen LogP contribution in [0.2, 0.25) is 0 Å². The molecule has 0 aromatic heterocycles. The zero-order chi connectivity index (χ0) is 10.6. The fourth-order valence-corrected chi connectivity index (χ4v) is 0. The molecule has 76 valence electrons. The number of rotatable bonds is 0. The van der Waals surface area contributed by atoms with Crippen LogP contribution in [0, 0.1) is 5.41 Å². The van der Waals surface area contributed by atoms with Crippen LogP contribution in [0.1, 0.15) is 34.6 Å². The van der Waals surface area contributed by atoms with Crippen molar-refractivity contribution < 1.29 is 19.5 Å². The molecular weight excluding hydrogens is 179 g/mol. The largest absolute Gasteiger partial charge is 0.390 e. The molecule has 0 aliphatic rings. The summed E-state index contributed by atoms with van der Waals surface area (Å²) in [5.74, 6) is 0. The second kappa shape index (κ2) is 4.97. The summed E-state index contributed by atoms with van der Waals surface area (Å²) in [6.07, 6.45) is 0. The van der Waals surface area contributed by atoms with Gasteiger partial charge in [-0.25, -0.2) is 0 Å². The van der Waals surface area contributed by atoms with Gasteiger partial charge in [-0.3, -0.25) is 4.57 Å². The van der Waals surface area contributed by atoms with E-state index in [1.807, 2.05) is 34.6 Å². The first-order valence-electron chi connectivity index (χ1n) is 3.62. The molecule has 0 aromatic rings. The smallest absolute Gasteiger partial charge is 0.314 e. The van der Waals surface area contributed by atoms with Crippen molar-refractivity contribution in [3.63, 3.8) is 0 Å². The molecule has 0 atom stereocenters. The van der Waals surface area contributed by atoms with E-state index in [1.165, 1.54) is 0 Å². The maximum Gasteiger partial charge on any atom is 0.314 e. The topological polar surface area (TPSA) is 77.8 Å². The highest BCUT2D eigenvalue weighted by atomic mass is 31.1. The molecular formula is C7H19O4P. The lowest BCUT2D eigenvalue weighted by atomic mass is 9.79. The summed E-state index contributed by atoms with van der Waals surface area (Å²) in [6, 6.07) is 0. The van der Waals surface area contributed by atoms with E-state index in [0.717, 1.165) is 0 Å². The summed E-state index contributed by atoms with van der Waals surface area (Å²) in [6.45, 7) is 9.72. The van der Waals surface area contributed by atoms with E-state index >= 15 is 0 Å². The molecule has 5 heteroatoms. The predicted molar refractivity (Wildman–Crippen MR) is 49.2 cm³/mol. The Kier molecular flexibility index (Phi) is 6.06. The van der Waals surface area contributed by atoms with E-state index in [1.54, 1.807) is 0 Å². The molecule has 0 aliphatic heterocycles. The fraction of sp³-hybridized carbons (Fsp3) is 1.00. The summed E-state index contributed by atoms with van der Waals surface area (Å²) < 4.78 is 8.74. The lowest BCUT2D eigenvalue weighted by molar-refractivity contribution is -0.0238. The Labute approximate surface area is 74.2 Å². The van der Waals surface area contributed by atoms with Crippen LogP contribution in [0.5, 0.6) is 0 Å². The molecule has 0 aromatic carbocycles. The van der Waals surface area contributed by atoms with Gasteiger partial charge in [-0.05, 0) is 19.3 Å². The van der Waals surface area contributed by atoms with Crippen molar-refractivity contribution in [1.29, 1.82) is 0 Å². The van der Waals surface area contributed by atoms with Crippen molar-refractivity contribution in [3.8, 4) is 0 Å². The SMILES string of the molecule is CC(C)(C)C(C)(C)O.O=[PH](O)O. The van der Waals surface area contributed by atoms with Gasteiger partial charge in [0.1, 0.15) is 0 Å². The highest BCUT2D eigenvalue weighted by Crippen LogP contribution is 2.28. The average Bonchev–Trinajstić information content (AvgIpc) is 1.55. The number of hydrogen-bond acceptors (Lipinski definition) is 2. The van der Waals surface area contributed by atoms with Crippen LogP contribution >= 0.6 is 8.25 Å². The van der Waals surface area contributed by atoms with Crippen molar-refractivity contribution >= 4 is 8.25 Å². The van der Waals surface area contributed by atoms with Gasteiger partial charge < -0.3 is 14.9 Å². The van der Waals surface area contributed by atoms with Gasteiger partial charge in [0.25, 0.3) is 0 Å². The highest BCUT2D eigenvalue weighted by molar-refractivity contribution is 7.30. The molecule has 0 spiro atoms. The highest BCUT2D eigenvalue weighted by Gasteiger charge is 2.29. The van der Waals surface area contributed by atoms with Gasteiger partial charge in [-0.15, -0.1) is 0 Å². The summed E-state index contributed by atoms with van der Waals surface area (Å²) in [5.41, 5.74) is -0.569. The van der Waals surface area contributed by atoms with Crippen LogP contribution < -0.4 is 0 Å². The van der Waals surface area contributed by atoms with Crippen LogP contribution in [0.4, 0.5) is 0 Å². The lowest BCUT2D eigenvalue weighted by Crippen LogP contribution is -2.35. The Bertz CT molecular complexity index is 126. The fourth-order valence-electron chi connectivity index (χ4n) is 0. The molecule has 0 fully saturated rings. The molecule has 0 saturated heterocycles. The summed E-state index contributed by atoms with van der Waals surface area (Å²) in [5, 5.41) is 9.35. The van der Waals surface area contributed by atoms with Gasteiger partial charge in [0, 0.05) is 0 Å². The van der Waals surface area contributed by atoms with Crippen LogP contribution in [0.15, 0.2) is 0 Å². The van der Waals surface area contributed by atoms with Crippen LogP contribution in [0.25, 0.3) is 0 Å². The number of hydrogen-bond donors (Lipinski definition) is 3. The van der Waals surface area contributed by atoms with Crippen molar-refractivity contribution in [2.45, 2.75) is 40.2 Å².